The Hall–Kier alpha value is -1.63. The van der Waals surface area contributed by atoms with Crippen LogP contribution in [-0.4, -0.2) is 54.4 Å². The standard InChI is InChI=1S/C13H23N5O2/c1-4-7-20-13-16-11(14-5-2)15-12(17-13)18(3)10-6-8-19-9-10/h10H,4-9H2,1-3H3,(H,14,15,16,17). The van der Waals surface area contributed by atoms with Gasteiger partial charge in [0.2, 0.25) is 11.9 Å². The van der Waals surface area contributed by atoms with Crippen molar-refractivity contribution in [2.45, 2.75) is 32.7 Å². The summed E-state index contributed by atoms with van der Waals surface area (Å²) in [6.07, 6.45) is 1.91. The van der Waals surface area contributed by atoms with Gasteiger partial charge in [0.05, 0.1) is 19.3 Å². The van der Waals surface area contributed by atoms with Gasteiger partial charge in [-0.2, -0.15) is 15.0 Å². The summed E-state index contributed by atoms with van der Waals surface area (Å²) >= 11 is 0. The smallest absolute Gasteiger partial charge is 0.323 e. The Morgan fingerprint density at radius 2 is 2.20 bits per heavy atom. The molecule has 0 saturated carbocycles. The molecule has 2 heterocycles. The molecule has 0 spiro atoms. The van der Waals surface area contributed by atoms with Gasteiger partial charge in [-0.3, -0.25) is 0 Å². The zero-order chi connectivity index (χ0) is 14.4. The number of aromatic nitrogens is 3. The van der Waals surface area contributed by atoms with Gasteiger partial charge >= 0.3 is 6.01 Å². The van der Waals surface area contributed by atoms with E-state index in [-0.39, 0.29) is 0 Å². The quantitative estimate of drug-likeness (QED) is 0.808. The minimum absolute atomic E-state index is 0.311. The van der Waals surface area contributed by atoms with Crippen molar-refractivity contribution in [3.63, 3.8) is 0 Å². The highest BCUT2D eigenvalue weighted by Gasteiger charge is 2.23. The first-order valence-corrected chi connectivity index (χ1v) is 7.18. The molecule has 1 aliphatic rings. The fraction of sp³-hybridized carbons (Fsp3) is 0.769. The first-order chi connectivity index (χ1) is 9.74. The molecule has 1 aliphatic heterocycles. The maximum absolute atomic E-state index is 5.54. The summed E-state index contributed by atoms with van der Waals surface area (Å²) in [5.41, 5.74) is 0. The Balaban J connectivity index is 2.18. The number of ether oxygens (including phenoxy) is 2. The summed E-state index contributed by atoms with van der Waals surface area (Å²) in [6.45, 7) is 6.92. The molecule has 7 nitrogen and oxygen atoms in total. The molecule has 1 aromatic heterocycles. The second-order valence-corrected chi connectivity index (χ2v) is 4.75. The molecule has 1 saturated heterocycles. The molecule has 0 radical (unpaired) electrons. The first kappa shape index (κ1) is 14.8. The minimum Gasteiger partial charge on any atom is -0.463 e. The van der Waals surface area contributed by atoms with Crippen LogP contribution in [0.3, 0.4) is 0 Å². The number of rotatable bonds is 7. The Morgan fingerprint density at radius 1 is 1.35 bits per heavy atom. The molecule has 1 atom stereocenters. The van der Waals surface area contributed by atoms with E-state index in [0.717, 1.165) is 26.0 Å². The van der Waals surface area contributed by atoms with Crippen molar-refractivity contribution in [1.82, 2.24) is 15.0 Å². The highest BCUT2D eigenvalue weighted by molar-refractivity contribution is 5.38. The molecule has 0 aromatic carbocycles. The van der Waals surface area contributed by atoms with Crippen LogP contribution in [0.25, 0.3) is 0 Å². The van der Waals surface area contributed by atoms with Gasteiger partial charge in [0, 0.05) is 20.2 Å². The molecular formula is C13H23N5O2. The number of nitrogens with zero attached hydrogens (tertiary/aromatic N) is 4. The lowest BCUT2D eigenvalue weighted by Crippen LogP contribution is -2.33. The van der Waals surface area contributed by atoms with Crippen molar-refractivity contribution in [2.24, 2.45) is 0 Å². The third kappa shape index (κ3) is 3.69. The van der Waals surface area contributed by atoms with E-state index in [1.165, 1.54) is 0 Å². The van der Waals surface area contributed by atoms with Crippen LogP contribution in [0.1, 0.15) is 26.7 Å². The van der Waals surface area contributed by atoms with E-state index in [9.17, 15) is 0 Å². The summed E-state index contributed by atoms with van der Waals surface area (Å²) < 4.78 is 10.9. The maximum atomic E-state index is 5.54. The monoisotopic (exact) mass is 281 g/mol. The van der Waals surface area contributed by atoms with Crippen LogP contribution in [0.2, 0.25) is 0 Å². The molecule has 2 rings (SSSR count). The van der Waals surface area contributed by atoms with Crippen LogP contribution >= 0.6 is 0 Å². The fourth-order valence-electron chi connectivity index (χ4n) is 1.99. The van der Waals surface area contributed by atoms with E-state index < -0.39 is 0 Å². The van der Waals surface area contributed by atoms with Crippen LogP contribution in [0.4, 0.5) is 11.9 Å². The van der Waals surface area contributed by atoms with Gasteiger partial charge < -0.3 is 19.7 Å². The molecule has 0 bridgehead atoms. The largest absolute Gasteiger partial charge is 0.463 e. The summed E-state index contributed by atoms with van der Waals surface area (Å²) in [5.74, 6) is 1.17. The third-order valence-electron chi connectivity index (χ3n) is 3.14. The van der Waals surface area contributed by atoms with Crippen molar-refractivity contribution in [3.05, 3.63) is 0 Å². The fourth-order valence-corrected chi connectivity index (χ4v) is 1.99. The topological polar surface area (TPSA) is 72.4 Å². The van der Waals surface area contributed by atoms with Gasteiger partial charge in [-0.05, 0) is 19.8 Å². The zero-order valence-electron chi connectivity index (χ0n) is 12.4. The molecule has 112 valence electrons. The first-order valence-electron chi connectivity index (χ1n) is 7.18. The van der Waals surface area contributed by atoms with Crippen molar-refractivity contribution < 1.29 is 9.47 Å². The van der Waals surface area contributed by atoms with Gasteiger partial charge in [0.15, 0.2) is 0 Å². The molecule has 0 aliphatic carbocycles. The summed E-state index contributed by atoms with van der Waals surface area (Å²) in [7, 11) is 1.98. The molecule has 1 unspecified atom stereocenters. The highest BCUT2D eigenvalue weighted by atomic mass is 16.5. The second-order valence-electron chi connectivity index (χ2n) is 4.75. The van der Waals surface area contributed by atoms with Gasteiger partial charge in [-0.1, -0.05) is 6.92 Å². The zero-order valence-corrected chi connectivity index (χ0v) is 12.4. The SMILES string of the molecule is CCCOc1nc(NCC)nc(N(C)C2CCOC2)n1. The Labute approximate surface area is 119 Å². The Bertz CT molecular complexity index is 423. The van der Waals surface area contributed by atoms with Gasteiger partial charge in [-0.25, -0.2) is 0 Å². The van der Waals surface area contributed by atoms with Crippen LogP contribution < -0.4 is 15.0 Å². The van der Waals surface area contributed by atoms with E-state index in [1.54, 1.807) is 0 Å². The van der Waals surface area contributed by atoms with Crippen LogP contribution in [0.15, 0.2) is 0 Å². The molecule has 0 amide bonds. The van der Waals surface area contributed by atoms with E-state index in [2.05, 4.69) is 27.2 Å². The van der Waals surface area contributed by atoms with Gasteiger partial charge in [0.25, 0.3) is 0 Å². The van der Waals surface area contributed by atoms with Crippen LogP contribution in [0, 0.1) is 0 Å². The number of hydrogen-bond acceptors (Lipinski definition) is 7. The highest BCUT2D eigenvalue weighted by Crippen LogP contribution is 2.19. The number of hydrogen-bond donors (Lipinski definition) is 1. The molecular weight excluding hydrogens is 258 g/mol. The average Bonchev–Trinajstić information content (AvgIpc) is 2.98. The predicted octanol–water partition coefficient (Wildman–Crippen LogP) is 1.32. The van der Waals surface area contributed by atoms with Gasteiger partial charge in [-0.15, -0.1) is 0 Å². The average molecular weight is 281 g/mol. The van der Waals surface area contributed by atoms with E-state index >= 15 is 0 Å². The van der Waals surface area contributed by atoms with E-state index in [4.69, 9.17) is 9.47 Å². The minimum atomic E-state index is 0.311. The molecule has 20 heavy (non-hydrogen) atoms. The normalized spacial score (nSPS) is 18.1. The number of likely N-dealkylation sites (N-methyl/N-ethyl adjacent to an activating group) is 1. The number of nitrogens with one attached hydrogen (secondary N) is 1. The van der Waals surface area contributed by atoms with Crippen molar-refractivity contribution in [2.75, 3.05) is 43.6 Å². The van der Waals surface area contributed by atoms with Gasteiger partial charge in [0.1, 0.15) is 0 Å². The lowest BCUT2D eigenvalue weighted by molar-refractivity contribution is 0.193. The molecule has 1 fully saturated rings. The molecule has 7 heteroatoms. The number of anilines is 2. The summed E-state index contributed by atoms with van der Waals surface area (Å²) in [4.78, 5) is 15.1. The van der Waals surface area contributed by atoms with Crippen molar-refractivity contribution in [1.29, 1.82) is 0 Å². The van der Waals surface area contributed by atoms with Crippen LogP contribution in [0.5, 0.6) is 6.01 Å². The lowest BCUT2D eigenvalue weighted by Gasteiger charge is -2.23. The molecule has 1 aromatic rings. The van der Waals surface area contributed by atoms with E-state index in [1.807, 2.05) is 18.9 Å². The van der Waals surface area contributed by atoms with Crippen molar-refractivity contribution in [3.8, 4) is 6.01 Å². The Morgan fingerprint density at radius 3 is 2.85 bits per heavy atom. The third-order valence-corrected chi connectivity index (χ3v) is 3.14. The van der Waals surface area contributed by atoms with Crippen molar-refractivity contribution >= 4 is 11.9 Å². The summed E-state index contributed by atoms with van der Waals surface area (Å²) in [6, 6.07) is 0.685. The molecule has 1 N–H and O–H groups in total. The maximum Gasteiger partial charge on any atom is 0.323 e. The lowest BCUT2D eigenvalue weighted by atomic mass is 10.2. The van der Waals surface area contributed by atoms with E-state index in [0.29, 0.717) is 37.2 Å². The Kier molecular flexibility index (Phi) is 5.34. The van der Waals surface area contributed by atoms with Crippen LogP contribution in [-0.2, 0) is 4.74 Å². The summed E-state index contributed by atoms with van der Waals surface area (Å²) in [5, 5.41) is 3.11. The predicted molar refractivity (Wildman–Crippen MR) is 77.4 cm³/mol. The second kappa shape index (κ2) is 7.23.